The van der Waals surface area contributed by atoms with Crippen molar-refractivity contribution in [2.75, 3.05) is 0 Å². The quantitative estimate of drug-likeness (QED) is 0.566. The summed E-state index contributed by atoms with van der Waals surface area (Å²) in [6, 6.07) is 8.41. The summed E-state index contributed by atoms with van der Waals surface area (Å²) >= 11 is 0. The molecule has 1 heteroatoms. The van der Waals surface area contributed by atoms with Gasteiger partial charge in [-0.15, -0.1) is 0 Å². The van der Waals surface area contributed by atoms with E-state index in [9.17, 15) is 0 Å². The molecule has 1 aromatic carbocycles. The predicted octanol–water partition coefficient (Wildman–Crippen LogP) is 2.54. The van der Waals surface area contributed by atoms with E-state index in [1.165, 1.54) is 31.2 Å². The van der Waals surface area contributed by atoms with Crippen molar-refractivity contribution >= 4 is 0 Å². The molecule has 1 saturated carbocycles. The van der Waals surface area contributed by atoms with Gasteiger partial charge in [0.1, 0.15) is 11.4 Å². The summed E-state index contributed by atoms with van der Waals surface area (Å²) in [5.74, 6) is 1.13. The highest BCUT2D eigenvalue weighted by atomic mass is 16.5. The number of para-hydroxylation sites is 1. The second-order valence-corrected chi connectivity index (χ2v) is 3.89. The minimum Gasteiger partial charge on any atom is -0.487 e. The average molecular weight is 160 g/mol. The molecule has 1 aliphatic carbocycles. The molecular formula is C11H12O. The topological polar surface area (TPSA) is 9.23 Å². The van der Waals surface area contributed by atoms with Crippen molar-refractivity contribution in [2.24, 2.45) is 0 Å². The van der Waals surface area contributed by atoms with Crippen molar-refractivity contribution in [1.82, 2.24) is 0 Å². The van der Waals surface area contributed by atoms with Gasteiger partial charge in [-0.25, -0.2) is 0 Å². The van der Waals surface area contributed by atoms with Crippen molar-refractivity contribution < 1.29 is 4.74 Å². The molecule has 1 aliphatic heterocycles. The predicted molar refractivity (Wildman–Crippen MR) is 47.4 cm³/mol. The first-order valence-corrected chi connectivity index (χ1v) is 4.65. The van der Waals surface area contributed by atoms with Crippen molar-refractivity contribution in [3.63, 3.8) is 0 Å². The van der Waals surface area contributed by atoms with E-state index in [1.54, 1.807) is 0 Å². The Kier molecular flexibility index (Phi) is 1.11. The average Bonchev–Trinajstić information content (AvgIpc) is 2.85. The summed E-state index contributed by atoms with van der Waals surface area (Å²) in [5, 5.41) is 0. The first-order chi connectivity index (χ1) is 5.88. The highest BCUT2D eigenvalue weighted by Crippen LogP contribution is 2.47. The number of fused-ring (bicyclic) bond motifs is 1. The maximum Gasteiger partial charge on any atom is 0.123 e. The SMILES string of the molecule is c1ccc2c(c1)CCC1(CC1)O2. The number of aryl methyl sites for hydroxylation is 1. The Morgan fingerprint density at radius 2 is 1.92 bits per heavy atom. The molecule has 0 saturated heterocycles. The van der Waals surface area contributed by atoms with E-state index < -0.39 is 0 Å². The molecule has 0 bridgehead atoms. The normalized spacial score (nSPS) is 23.0. The van der Waals surface area contributed by atoms with Gasteiger partial charge < -0.3 is 4.74 Å². The minimum atomic E-state index is 0.272. The molecule has 0 radical (unpaired) electrons. The Morgan fingerprint density at radius 3 is 2.75 bits per heavy atom. The summed E-state index contributed by atoms with van der Waals surface area (Å²) < 4.78 is 5.93. The lowest BCUT2D eigenvalue weighted by Gasteiger charge is -2.25. The molecular weight excluding hydrogens is 148 g/mol. The molecule has 0 aromatic heterocycles. The van der Waals surface area contributed by atoms with Crippen molar-refractivity contribution in [3.05, 3.63) is 29.8 Å². The highest BCUT2D eigenvalue weighted by molar-refractivity contribution is 5.37. The first-order valence-electron chi connectivity index (χ1n) is 4.65. The number of ether oxygens (including phenoxy) is 1. The van der Waals surface area contributed by atoms with Crippen LogP contribution in [-0.2, 0) is 6.42 Å². The largest absolute Gasteiger partial charge is 0.487 e. The van der Waals surface area contributed by atoms with Gasteiger partial charge in [-0.3, -0.25) is 0 Å². The number of rotatable bonds is 0. The van der Waals surface area contributed by atoms with Gasteiger partial charge in [-0.2, -0.15) is 0 Å². The summed E-state index contributed by atoms with van der Waals surface area (Å²) in [7, 11) is 0. The van der Waals surface area contributed by atoms with Crippen molar-refractivity contribution in [3.8, 4) is 5.75 Å². The molecule has 12 heavy (non-hydrogen) atoms. The van der Waals surface area contributed by atoms with Gasteiger partial charge in [0.2, 0.25) is 0 Å². The molecule has 0 atom stereocenters. The van der Waals surface area contributed by atoms with Gasteiger partial charge in [0.05, 0.1) is 0 Å². The van der Waals surface area contributed by atoms with Crippen LogP contribution in [-0.4, -0.2) is 5.60 Å². The van der Waals surface area contributed by atoms with E-state index in [1.807, 2.05) is 0 Å². The Hall–Kier alpha value is -0.980. The van der Waals surface area contributed by atoms with Gasteiger partial charge in [0.15, 0.2) is 0 Å². The van der Waals surface area contributed by atoms with E-state index >= 15 is 0 Å². The molecule has 1 fully saturated rings. The lowest BCUT2D eigenvalue weighted by atomic mass is 10.0. The van der Waals surface area contributed by atoms with Gasteiger partial charge in [0, 0.05) is 0 Å². The molecule has 2 aliphatic rings. The summed E-state index contributed by atoms with van der Waals surface area (Å²) in [6.07, 6.45) is 4.96. The molecule has 0 amide bonds. The van der Waals surface area contributed by atoms with Crippen LogP contribution >= 0.6 is 0 Å². The zero-order chi connectivity index (χ0) is 8.02. The van der Waals surface area contributed by atoms with Crippen LogP contribution in [0.3, 0.4) is 0 Å². The fourth-order valence-electron chi connectivity index (χ4n) is 1.95. The zero-order valence-electron chi connectivity index (χ0n) is 7.05. The number of benzene rings is 1. The third-order valence-corrected chi connectivity index (χ3v) is 2.96. The molecule has 1 spiro atoms. The van der Waals surface area contributed by atoms with Crippen molar-refractivity contribution in [2.45, 2.75) is 31.3 Å². The maximum atomic E-state index is 5.93. The molecule has 1 aromatic rings. The Bertz CT molecular complexity index is 313. The Balaban J connectivity index is 2.01. The van der Waals surface area contributed by atoms with Gasteiger partial charge in [0.25, 0.3) is 0 Å². The van der Waals surface area contributed by atoms with Gasteiger partial charge >= 0.3 is 0 Å². The van der Waals surface area contributed by atoms with E-state index in [-0.39, 0.29) is 5.60 Å². The molecule has 0 unspecified atom stereocenters. The zero-order valence-corrected chi connectivity index (χ0v) is 7.05. The number of hydrogen-bond acceptors (Lipinski definition) is 1. The summed E-state index contributed by atoms with van der Waals surface area (Å²) in [6.45, 7) is 0. The Labute approximate surface area is 72.4 Å². The minimum absolute atomic E-state index is 0.272. The maximum absolute atomic E-state index is 5.93. The van der Waals surface area contributed by atoms with Crippen LogP contribution in [0.15, 0.2) is 24.3 Å². The standard InChI is InChI=1S/C11H12O/c1-2-4-10-9(3-1)5-6-11(12-10)7-8-11/h1-4H,5-8H2. The fraction of sp³-hybridized carbons (Fsp3) is 0.455. The van der Waals surface area contributed by atoms with Gasteiger partial charge in [-0.05, 0) is 37.3 Å². The lowest BCUT2D eigenvalue weighted by Crippen LogP contribution is -2.23. The first kappa shape index (κ1) is 6.53. The highest BCUT2D eigenvalue weighted by Gasteiger charge is 2.47. The molecule has 1 heterocycles. The van der Waals surface area contributed by atoms with E-state index in [0.29, 0.717) is 0 Å². The summed E-state index contributed by atoms with van der Waals surface area (Å²) in [5.41, 5.74) is 1.66. The third kappa shape index (κ3) is 0.857. The van der Waals surface area contributed by atoms with Crippen LogP contribution in [0.5, 0.6) is 5.75 Å². The van der Waals surface area contributed by atoms with Crippen LogP contribution in [0, 0.1) is 0 Å². The van der Waals surface area contributed by atoms with Crippen molar-refractivity contribution in [1.29, 1.82) is 0 Å². The van der Waals surface area contributed by atoms with E-state index in [0.717, 1.165) is 5.75 Å². The van der Waals surface area contributed by atoms with Crippen LogP contribution in [0.25, 0.3) is 0 Å². The lowest BCUT2D eigenvalue weighted by molar-refractivity contribution is 0.151. The Morgan fingerprint density at radius 1 is 1.08 bits per heavy atom. The van der Waals surface area contributed by atoms with E-state index in [4.69, 9.17) is 4.74 Å². The monoisotopic (exact) mass is 160 g/mol. The fourth-order valence-corrected chi connectivity index (χ4v) is 1.95. The second kappa shape index (κ2) is 2.03. The third-order valence-electron chi connectivity index (χ3n) is 2.96. The molecule has 3 rings (SSSR count). The smallest absolute Gasteiger partial charge is 0.123 e. The van der Waals surface area contributed by atoms with Gasteiger partial charge in [-0.1, -0.05) is 18.2 Å². The molecule has 62 valence electrons. The number of hydrogen-bond donors (Lipinski definition) is 0. The van der Waals surface area contributed by atoms with Crippen LogP contribution in [0.4, 0.5) is 0 Å². The van der Waals surface area contributed by atoms with Crippen LogP contribution < -0.4 is 4.74 Å². The van der Waals surface area contributed by atoms with Crippen LogP contribution in [0.2, 0.25) is 0 Å². The second-order valence-electron chi connectivity index (χ2n) is 3.89. The van der Waals surface area contributed by atoms with Crippen LogP contribution in [0.1, 0.15) is 24.8 Å². The summed E-state index contributed by atoms with van der Waals surface area (Å²) in [4.78, 5) is 0. The van der Waals surface area contributed by atoms with E-state index in [2.05, 4.69) is 24.3 Å². The molecule has 1 nitrogen and oxygen atoms in total. The molecule has 0 N–H and O–H groups in total.